The minimum absolute atomic E-state index is 0.0824. The second kappa shape index (κ2) is 10.1. The molecule has 210 valence electrons. The topological polar surface area (TPSA) is 103 Å². The van der Waals surface area contributed by atoms with Crippen LogP contribution < -0.4 is 10.6 Å². The number of rotatable bonds is 7. The molecule has 4 aromatic rings. The molecule has 39 heavy (non-hydrogen) atoms. The van der Waals surface area contributed by atoms with Crippen molar-refractivity contribution in [1.82, 2.24) is 34.3 Å². The van der Waals surface area contributed by atoms with Gasteiger partial charge in [0.15, 0.2) is 19.6 Å². The summed E-state index contributed by atoms with van der Waals surface area (Å²) in [6.45, 7) is 19.8. The summed E-state index contributed by atoms with van der Waals surface area (Å²) in [5, 5.41) is 9.80. The van der Waals surface area contributed by atoms with Crippen molar-refractivity contribution >= 4 is 36.6 Å². The third-order valence-electron chi connectivity index (χ3n) is 8.26. The lowest BCUT2D eigenvalue weighted by atomic mass is 10.1. The Kier molecular flexibility index (Phi) is 7.14. The van der Waals surface area contributed by atoms with E-state index in [2.05, 4.69) is 70.8 Å². The van der Waals surface area contributed by atoms with E-state index in [9.17, 15) is 4.39 Å². The Labute approximate surface area is 230 Å². The van der Waals surface area contributed by atoms with E-state index in [4.69, 9.17) is 10.2 Å². The molecule has 3 aromatic heterocycles. The highest BCUT2D eigenvalue weighted by Gasteiger charge is 2.38. The molecule has 1 fully saturated rings. The van der Waals surface area contributed by atoms with Crippen LogP contribution in [0, 0.1) is 12.7 Å². The lowest BCUT2D eigenvalue weighted by molar-refractivity contribution is 0.203. The summed E-state index contributed by atoms with van der Waals surface area (Å²) < 4.78 is 24.9. The first-order valence-corrected chi connectivity index (χ1v) is 16.5. The highest BCUT2D eigenvalue weighted by Crippen LogP contribution is 2.40. The quantitative estimate of drug-likeness (QED) is 0.336. The number of hydrogen-bond donors (Lipinski definition) is 1. The van der Waals surface area contributed by atoms with E-state index in [0.717, 1.165) is 43.7 Å². The van der Waals surface area contributed by atoms with Gasteiger partial charge in [-0.3, -0.25) is 4.90 Å². The zero-order valence-electron chi connectivity index (χ0n) is 24.1. The second-order valence-corrected chi connectivity index (χ2v) is 16.8. The number of anilines is 2. The Morgan fingerprint density at radius 3 is 2.49 bits per heavy atom. The maximum absolute atomic E-state index is 14.9. The number of aromatic nitrogens is 6. The molecule has 0 unspecified atom stereocenters. The Hall–Kier alpha value is -3.09. The first-order valence-electron chi connectivity index (χ1n) is 13.6. The average molecular weight is 554 g/mol. The number of nitrogens with two attached hydrogens (primary N) is 1. The fraction of sp³-hybridized carbons (Fsp3) is 0.556. The molecule has 1 aliphatic heterocycles. The predicted octanol–water partition coefficient (Wildman–Crippen LogP) is 4.41. The van der Waals surface area contributed by atoms with Crippen LogP contribution in [0.3, 0.4) is 0 Å². The van der Waals surface area contributed by atoms with E-state index in [1.54, 1.807) is 16.8 Å². The third-order valence-corrected chi connectivity index (χ3v) is 12.8. The van der Waals surface area contributed by atoms with Crippen LogP contribution in [0.4, 0.5) is 16.0 Å². The number of nitrogen functional groups attached to an aromatic ring is 1. The molecular weight excluding hydrogens is 513 g/mol. The number of benzene rings is 1. The van der Waals surface area contributed by atoms with E-state index in [0.29, 0.717) is 35.3 Å². The zero-order chi connectivity index (χ0) is 28.1. The molecule has 5 rings (SSSR count). The van der Waals surface area contributed by atoms with Gasteiger partial charge < -0.3 is 15.1 Å². The molecule has 0 saturated carbocycles. The van der Waals surface area contributed by atoms with Crippen molar-refractivity contribution < 1.29 is 8.82 Å². The van der Waals surface area contributed by atoms with Crippen molar-refractivity contribution in [2.45, 2.75) is 65.4 Å². The zero-order valence-corrected chi connectivity index (χ0v) is 25.1. The van der Waals surface area contributed by atoms with Crippen molar-refractivity contribution in [3.8, 4) is 0 Å². The van der Waals surface area contributed by atoms with Gasteiger partial charge in [0.1, 0.15) is 11.6 Å². The molecule has 2 N–H and O–H groups in total. The van der Waals surface area contributed by atoms with Crippen molar-refractivity contribution in [2.75, 3.05) is 43.4 Å². The Morgan fingerprint density at radius 1 is 1.08 bits per heavy atom. The van der Waals surface area contributed by atoms with Gasteiger partial charge >= 0.3 is 0 Å². The van der Waals surface area contributed by atoms with Gasteiger partial charge in [-0.25, -0.2) is 14.1 Å². The van der Waals surface area contributed by atoms with Gasteiger partial charge in [0.2, 0.25) is 5.95 Å². The third kappa shape index (κ3) is 5.37. The Morgan fingerprint density at radius 2 is 1.79 bits per heavy atom. The highest BCUT2D eigenvalue weighted by molar-refractivity contribution is 6.74. The van der Waals surface area contributed by atoms with Crippen molar-refractivity contribution in [3.05, 3.63) is 41.6 Å². The van der Waals surface area contributed by atoms with Crippen molar-refractivity contribution in [1.29, 1.82) is 0 Å². The van der Waals surface area contributed by atoms with Crippen LogP contribution in [0.2, 0.25) is 18.1 Å². The van der Waals surface area contributed by atoms with E-state index < -0.39 is 8.32 Å². The number of fused-ring (bicyclic) bond motifs is 3. The first-order chi connectivity index (χ1) is 18.3. The molecule has 0 bridgehead atoms. The van der Waals surface area contributed by atoms with Gasteiger partial charge in [-0.1, -0.05) is 26.8 Å². The molecular formula is C27H40FN9OSi. The lowest BCUT2D eigenvalue weighted by Gasteiger charge is -2.39. The van der Waals surface area contributed by atoms with Gasteiger partial charge in [0.25, 0.3) is 0 Å². The van der Waals surface area contributed by atoms with E-state index in [-0.39, 0.29) is 17.0 Å². The minimum Gasteiger partial charge on any atom is -0.410 e. The smallest absolute Gasteiger partial charge is 0.225 e. The molecule has 0 radical (unpaired) electrons. The normalized spacial score (nSPS) is 16.5. The molecule has 1 saturated heterocycles. The number of halogens is 1. The van der Waals surface area contributed by atoms with Crippen molar-refractivity contribution in [2.24, 2.45) is 0 Å². The molecule has 10 nitrogen and oxygen atoms in total. The molecule has 0 amide bonds. The van der Waals surface area contributed by atoms with Crippen LogP contribution in [0.25, 0.3) is 16.7 Å². The van der Waals surface area contributed by atoms with Gasteiger partial charge in [0.05, 0.1) is 29.9 Å². The van der Waals surface area contributed by atoms with Crippen LogP contribution in [0.15, 0.2) is 24.4 Å². The number of nitrogens with zero attached hydrogens (tertiary/aromatic N) is 8. The monoisotopic (exact) mass is 553 g/mol. The number of hydrogen-bond acceptors (Lipinski definition) is 8. The molecule has 0 spiro atoms. The molecule has 1 aromatic carbocycles. The number of aryl methyl sites for hydroxylation is 1. The van der Waals surface area contributed by atoms with E-state index in [1.807, 2.05) is 23.7 Å². The average Bonchev–Trinajstić information content (AvgIpc) is 3.45. The van der Waals surface area contributed by atoms with Gasteiger partial charge in [-0.2, -0.15) is 14.6 Å². The van der Waals surface area contributed by atoms with Crippen LogP contribution in [0.1, 0.15) is 45.2 Å². The Balaban J connectivity index is 1.22. The second-order valence-electron chi connectivity index (χ2n) is 12.0. The summed E-state index contributed by atoms with van der Waals surface area (Å²) >= 11 is 0. The lowest BCUT2D eigenvalue weighted by Crippen LogP contribution is -2.47. The maximum atomic E-state index is 14.9. The highest BCUT2D eigenvalue weighted by atomic mass is 28.4. The summed E-state index contributed by atoms with van der Waals surface area (Å²) in [7, 11) is -1.94. The van der Waals surface area contributed by atoms with Gasteiger partial charge in [0, 0.05) is 32.7 Å². The predicted molar refractivity (Wildman–Crippen MR) is 155 cm³/mol. The summed E-state index contributed by atoms with van der Waals surface area (Å²) in [5.41, 5.74) is 9.17. The standard InChI is InChI=1S/C27H40FN9OSi/c1-18(38-39(6,7)27(3,4)5)20-8-9-22(28)23(16-20)35-13-10-34(11-14-35)12-15-36-24-21(17-30-36)25-31-19(2)33-37(25)26(29)32-24/h8-9,16-18H,10-15H2,1-7H3,(H2,29,32)/t18-/m0/s1. The molecule has 12 heteroatoms. The maximum Gasteiger partial charge on any atom is 0.225 e. The van der Waals surface area contributed by atoms with Gasteiger partial charge in [-0.05, 0) is 49.7 Å². The van der Waals surface area contributed by atoms with Gasteiger partial charge in [-0.15, -0.1) is 5.10 Å². The Bertz CT molecular complexity index is 1480. The largest absolute Gasteiger partial charge is 0.410 e. The minimum atomic E-state index is -1.94. The fourth-order valence-electron chi connectivity index (χ4n) is 4.88. The van der Waals surface area contributed by atoms with Crippen molar-refractivity contribution in [3.63, 3.8) is 0 Å². The molecule has 0 aliphatic carbocycles. The van der Waals surface area contributed by atoms with Crippen LogP contribution >= 0.6 is 0 Å². The summed E-state index contributed by atoms with van der Waals surface area (Å²) in [6.07, 6.45) is 1.69. The first kappa shape index (κ1) is 27.5. The molecule has 4 heterocycles. The van der Waals surface area contributed by atoms with Crippen LogP contribution in [0.5, 0.6) is 0 Å². The molecule has 1 aliphatic rings. The van der Waals surface area contributed by atoms with E-state index in [1.165, 1.54) is 0 Å². The molecule has 1 atom stereocenters. The van der Waals surface area contributed by atoms with E-state index >= 15 is 0 Å². The number of piperazine rings is 1. The van der Waals surface area contributed by atoms with Crippen LogP contribution in [-0.2, 0) is 11.0 Å². The summed E-state index contributed by atoms with van der Waals surface area (Å²) in [4.78, 5) is 13.5. The summed E-state index contributed by atoms with van der Waals surface area (Å²) in [6, 6.07) is 5.41. The van der Waals surface area contributed by atoms with Crippen LogP contribution in [-0.4, -0.2) is 75.3 Å². The SMILES string of the molecule is Cc1nc2c3cnn(CCN4CCN(c5cc([C@H](C)O[Si](C)(C)C(C)(C)C)ccc5F)CC4)c3nc(N)n2n1. The fourth-order valence-corrected chi connectivity index (χ4v) is 6.26. The summed E-state index contributed by atoms with van der Waals surface area (Å²) in [5.74, 6) is 0.747.